The minimum absolute atomic E-state index is 0.112. The molecule has 0 aliphatic heterocycles. The number of carbonyl (C=O) groups excluding carboxylic acids is 1. The lowest BCUT2D eigenvalue weighted by molar-refractivity contribution is -0.137. The summed E-state index contributed by atoms with van der Waals surface area (Å²) in [6.45, 7) is 1.87. The van der Waals surface area contributed by atoms with Crippen LogP contribution >= 0.6 is 0 Å². The number of amides is 1. The van der Waals surface area contributed by atoms with Crippen molar-refractivity contribution in [2.24, 2.45) is 0 Å². The van der Waals surface area contributed by atoms with Gasteiger partial charge in [-0.05, 0) is 67.6 Å². The van der Waals surface area contributed by atoms with Crippen LogP contribution in [-0.2, 0) is 6.18 Å². The second kappa shape index (κ2) is 8.50. The van der Waals surface area contributed by atoms with Crippen molar-refractivity contribution in [1.82, 2.24) is 20.0 Å². The number of nitrogens with zero attached hydrogens (tertiary/aromatic N) is 4. The number of aromatic nitrogens is 4. The Bertz CT molecular complexity index is 1220. The summed E-state index contributed by atoms with van der Waals surface area (Å²) < 4.78 is 45.1. The average molecular weight is 439 g/mol. The lowest BCUT2D eigenvalue weighted by atomic mass is 10.1. The van der Waals surface area contributed by atoms with E-state index in [1.807, 2.05) is 13.0 Å². The molecule has 2 aromatic heterocycles. The van der Waals surface area contributed by atoms with E-state index in [0.29, 0.717) is 17.3 Å². The molecule has 1 amide bonds. The number of ether oxygens (including phenoxy) is 1. The summed E-state index contributed by atoms with van der Waals surface area (Å²) in [6, 6.07) is 15.7. The topological polar surface area (TPSA) is 81.9 Å². The second-order valence-corrected chi connectivity index (χ2v) is 6.79. The molecule has 0 aliphatic rings. The van der Waals surface area contributed by atoms with Crippen molar-refractivity contribution in [2.75, 3.05) is 5.32 Å². The van der Waals surface area contributed by atoms with Crippen LogP contribution in [0.4, 0.5) is 18.9 Å². The first-order chi connectivity index (χ1) is 15.3. The highest BCUT2D eigenvalue weighted by Gasteiger charge is 2.30. The van der Waals surface area contributed by atoms with Gasteiger partial charge >= 0.3 is 6.18 Å². The van der Waals surface area contributed by atoms with Crippen LogP contribution in [0.5, 0.6) is 11.6 Å². The maximum atomic E-state index is 12.6. The number of hydrogen-bond donors (Lipinski definition) is 1. The largest absolute Gasteiger partial charge is 0.438 e. The molecule has 0 saturated carbocycles. The summed E-state index contributed by atoms with van der Waals surface area (Å²) >= 11 is 0. The number of anilines is 1. The molecule has 0 fully saturated rings. The predicted octanol–water partition coefficient (Wildman–Crippen LogP) is 5.03. The van der Waals surface area contributed by atoms with E-state index < -0.39 is 17.6 Å². The summed E-state index contributed by atoms with van der Waals surface area (Å²) in [7, 11) is 0. The molecular weight excluding hydrogens is 423 g/mol. The zero-order valence-corrected chi connectivity index (χ0v) is 16.7. The average Bonchev–Trinajstić information content (AvgIpc) is 3.21. The molecule has 0 spiro atoms. The molecule has 0 aliphatic carbocycles. The number of carbonyl (C=O) groups is 1. The summed E-state index contributed by atoms with van der Waals surface area (Å²) in [4.78, 5) is 12.3. The minimum atomic E-state index is -4.45. The minimum Gasteiger partial charge on any atom is -0.438 e. The smallest absolute Gasteiger partial charge is 0.416 e. The van der Waals surface area contributed by atoms with E-state index in [-0.39, 0.29) is 11.4 Å². The first kappa shape index (κ1) is 21.0. The first-order valence-electron chi connectivity index (χ1n) is 9.41. The van der Waals surface area contributed by atoms with Crippen LogP contribution in [0, 0.1) is 6.92 Å². The predicted molar refractivity (Wildman–Crippen MR) is 110 cm³/mol. The molecule has 32 heavy (non-hydrogen) atoms. The molecule has 10 heteroatoms. The Hall–Kier alpha value is -4.21. The fourth-order valence-corrected chi connectivity index (χ4v) is 2.77. The van der Waals surface area contributed by atoms with Gasteiger partial charge in [-0.2, -0.15) is 18.3 Å². The standard InChI is InChI=1S/C22H16F3N5O2/c1-14-12-13-30(29-14)19-10-11-20(28-27-19)32-18-8-6-17(7-9-18)26-21(31)15-2-4-16(5-3-15)22(23,24)25/h2-13H,1H3,(H,26,31). The molecule has 2 heterocycles. The van der Waals surface area contributed by atoms with Gasteiger partial charge in [-0.25, -0.2) is 4.68 Å². The maximum absolute atomic E-state index is 12.6. The fourth-order valence-electron chi connectivity index (χ4n) is 2.77. The number of halogens is 3. The number of hydrogen-bond acceptors (Lipinski definition) is 5. The van der Waals surface area contributed by atoms with Crippen LogP contribution in [0.2, 0.25) is 0 Å². The van der Waals surface area contributed by atoms with Crippen LogP contribution in [0.25, 0.3) is 5.82 Å². The fraction of sp³-hybridized carbons (Fsp3) is 0.0909. The maximum Gasteiger partial charge on any atom is 0.416 e. The van der Waals surface area contributed by atoms with Crippen LogP contribution in [-0.4, -0.2) is 25.9 Å². The van der Waals surface area contributed by atoms with Gasteiger partial charge in [-0.15, -0.1) is 10.2 Å². The Morgan fingerprint density at radius 3 is 2.22 bits per heavy atom. The van der Waals surface area contributed by atoms with Crippen molar-refractivity contribution in [3.8, 4) is 17.4 Å². The molecule has 4 aromatic rings. The van der Waals surface area contributed by atoms with Gasteiger partial charge in [-0.1, -0.05) is 0 Å². The highest BCUT2D eigenvalue weighted by Crippen LogP contribution is 2.29. The molecule has 0 bridgehead atoms. The SMILES string of the molecule is Cc1ccn(-c2ccc(Oc3ccc(NC(=O)c4ccc(C(F)(F)F)cc4)cc3)nn2)n1. The highest BCUT2D eigenvalue weighted by atomic mass is 19.4. The van der Waals surface area contributed by atoms with Gasteiger partial charge in [0.05, 0.1) is 11.3 Å². The van der Waals surface area contributed by atoms with E-state index in [4.69, 9.17) is 4.74 Å². The van der Waals surface area contributed by atoms with Gasteiger partial charge in [-0.3, -0.25) is 4.79 Å². The van der Waals surface area contributed by atoms with Crippen LogP contribution in [0.1, 0.15) is 21.6 Å². The number of aryl methyl sites for hydroxylation is 1. The van der Waals surface area contributed by atoms with E-state index in [0.717, 1.165) is 30.0 Å². The quantitative estimate of drug-likeness (QED) is 0.472. The Labute approximate surface area is 180 Å². The lowest BCUT2D eigenvalue weighted by Crippen LogP contribution is -2.12. The number of nitrogens with one attached hydrogen (secondary N) is 1. The number of alkyl halides is 3. The van der Waals surface area contributed by atoms with Gasteiger partial charge in [0.15, 0.2) is 5.82 Å². The summed E-state index contributed by atoms with van der Waals surface area (Å²) in [5.41, 5.74) is 0.614. The van der Waals surface area contributed by atoms with Crippen molar-refractivity contribution in [3.05, 3.63) is 89.7 Å². The zero-order chi connectivity index (χ0) is 22.7. The van der Waals surface area contributed by atoms with Crippen LogP contribution in [0.3, 0.4) is 0 Å². The van der Waals surface area contributed by atoms with Crippen molar-refractivity contribution >= 4 is 11.6 Å². The monoisotopic (exact) mass is 439 g/mol. The molecule has 0 saturated heterocycles. The summed E-state index contributed by atoms with van der Waals surface area (Å²) in [5.74, 6) is 0.767. The molecule has 1 N–H and O–H groups in total. The molecular formula is C22H16F3N5O2. The summed E-state index contributed by atoms with van der Waals surface area (Å²) in [5, 5.41) is 15.0. The molecule has 4 rings (SSSR count). The van der Waals surface area contributed by atoms with Crippen molar-refractivity contribution < 1.29 is 22.7 Å². The third-order valence-electron chi connectivity index (χ3n) is 4.39. The number of rotatable bonds is 5. The molecule has 0 unspecified atom stereocenters. The third kappa shape index (κ3) is 4.91. The zero-order valence-electron chi connectivity index (χ0n) is 16.7. The Balaban J connectivity index is 1.37. The van der Waals surface area contributed by atoms with Crippen LogP contribution < -0.4 is 10.1 Å². The first-order valence-corrected chi connectivity index (χ1v) is 9.41. The molecule has 2 aromatic carbocycles. The molecule has 0 radical (unpaired) electrons. The highest BCUT2D eigenvalue weighted by molar-refractivity contribution is 6.04. The Morgan fingerprint density at radius 1 is 0.938 bits per heavy atom. The Kier molecular flexibility index (Phi) is 5.59. The number of benzene rings is 2. The van der Waals surface area contributed by atoms with E-state index in [1.54, 1.807) is 47.3 Å². The van der Waals surface area contributed by atoms with Gasteiger partial charge in [0.1, 0.15) is 5.75 Å². The van der Waals surface area contributed by atoms with E-state index in [2.05, 4.69) is 20.6 Å². The third-order valence-corrected chi connectivity index (χ3v) is 4.39. The van der Waals surface area contributed by atoms with Crippen molar-refractivity contribution in [1.29, 1.82) is 0 Å². The second-order valence-electron chi connectivity index (χ2n) is 6.79. The van der Waals surface area contributed by atoms with Gasteiger partial charge in [0, 0.05) is 23.5 Å². The summed E-state index contributed by atoms with van der Waals surface area (Å²) in [6.07, 6.45) is -2.68. The van der Waals surface area contributed by atoms with E-state index >= 15 is 0 Å². The molecule has 162 valence electrons. The Morgan fingerprint density at radius 2 is 1.66 bits per heavy atom. The van der Waals surface area contributed by atoms with E-state index in [1.165, 1.54) is 0 Å². The van der Waals surface area contributed by atoms with Gasteiger partial charge in [0.2, 0.25) is 5.88 Å². The van der Waals surface area contributed by atoms with Crippen molar-refractivity contribution in [3.63, 3.8) is 0 Å². The van der Waals surface area contributed by atoms with Crippen LogP contribution in [0.15, 0.2) is 72.9 Å². The normalized spacial score (nSPS) is 11.2. The van der Waals surface area contributed by atoms with Crippen molar-refractivity contribution in [2.45, 2.75) is 13.1 Å². The van der Waals surface area contributed by atoms with E-state index in [9.17, 15) is 18.0 Å². The van der Waals surface area contributed by atoms with Gasteiger partial charge in [0.25, 0.3) is 5.91 Å². The molecule has 0 atom stereocenters. The lowest BCUT2D eigenvalue weighted by Gasteiger charge is -2.09. The van der Waals surface area contributed by atoms with Gasteiger partial charge < -0.3 is 10.1 Å². The molecule has 7 nitrogen and oxygen atoms in total.